The predicted octanol–water partition coefficient (Wildman–Crippen LogP) is 6.67. The Morgan fingerprint density at radius 3 is 1.91 bits per heavy atom. The van der Waals surface area contributed by atoms with Gasteiger partial charge in [-0.1, -0.05) is 45.0 Å². The number of nitrogens with zero attached hydrogens (tertiary/aromatic N) is 2. The quantitative estimate of drug-likeness (QED) is 0.553. The van der Waals surface area contributed by atoms with Gasteiger partial charge in [-0.05, 0) is 49.4 Å². The zero-order chi connectivity index (χ0) is 17.3. The van der Waals surface area contributed by atoms with Crippen molar-refractivity contribution in [3.63, 3.8) is 0 Å². The summed E-state index contributed by atoms with van der Waals surface area (Å²) >= 11 is 0. The van der Waals surface area contributed by atoms with Gasteiger partial charge in [0.1, 0.15) is 5.82 Å². The molecular formula is C20H25FN2. The summed E-state index contributed by atoms with van der Waals surface area (Å²) in [6, 6.07) is 13.0. The highest BCUT2D eigenvalue weighted by atomic mass is 19.1. The minimum atomic E-state index is -0.279. The van der Waals surface area contributed by atoms with E-state index in [2.05, 4.69) is 43.1 Å². The topological polar surface area (TPSA) is 24.7 Å². The normalized spacial score (nSPS) is 12.8. The molecule has 0 heterocycles. The first-order valence-corrected chi connectivity index (χ1v) is 7.90. The van der Waals surface area contributed by atoms with Gasteiger partial charge in [0.05, 0.1) is 11.2 Å². The first-order chi connectivity index (χ1) is 10.6. The Bertz CT molecular complexity index is 702. The van der Waals surface area contributed by atoms with Crippen molar-refractivity contribution < 1.29 is 4.39 Å². The van der Waals surface area contributed by atoms with E-state index in [-0.39, 0.29) is 16.8 Å². The molecular weight excluding hydrogens is 287 g/mol. The Hall–Kier alpha value is -2.03. The molecule has 0 radical (unpaired) electrons. The van der Waals surface area contributed by atoms with E-state index < -0.39 is 0 Å². The molecule has 2 nitrogen and oxygen atoms in total. The zero-order valence-corrected chi connectivity index (χ0v) is 14.8. The van der Waals surface area contributed by atoms with Gasteiger partial charge in [0.25, 0.3) is 0 Å². The molecule has 0 bridgehead atoms. The third-order valence-corrected chi connectivity index (χ3v) is 3.48. The largest absolute Gasteiger partial charge is 0.206 e. The Balaban J connectivity index is 2.29. The van der Waals surface area contributed by atoms with Crippen LogP contribution in [-0.4, -0.2) is 5.54 Å². The number of azo groups is 1. The van der Waals surface area contributed by atoms with Gasteiger partial charge in [-0.2, -0.15) is 10.2 Å². The van der Waals surface area contributed by atoms with E-state index in [1.165, 1.54) is 11.6 Å². The van der Waals surface area contributed by atoms with E-state index in [9.17, 15) is 4.39 Å². The highest BCUT2D eigenvalue weighted by Crippen LogP contribution is 2.29. The summed E-state index contributed by atoms with van der Waals surface area (Å²) < 4.78 is 14.4. The lowest BCUT2D eigenvalue weighted by atomic mass is 9.86. The van der Waals surface area contributed by atoms with Crippen LogP contribution < -0.4 is 0 Å². The van der Waals surface area contributed by atoms with E-state index in [0.717, 1.165) is 5.56 Å². The number of hydrogen-bond acceptors (Lipinski definition) is 2. The first kappa shape index (κ1) is 17.3. The number of hydrogen-bond donors (Lipinski definition) is 0. The van der Waals surface area contributed by atoms with Crippen LogP contribution >= 0.6 is 0 Å². The molecule has 0 spiro atoms. The summed E-state index contributed by atoms with van der Waals surface area (Å²) in [5.74, 6) is -0.279. The van der Waals surface area contributed by atoms with Gasteiger partial charge < -0.3 is 0 Å². The molecule has 2 aromatic rings. The highest BCUT2D eigenvalue weighted by Gasteiger charge is 2.14. The van der Waals surface area contributed by atoms with Crippen molar-refractivity contribution in [2.45, 2.75) is 52.5 Å². The van der Waals surface area contributed by atoms with Crippen LogP contribution in [0.2, 0.25) is 0 Å². The summed E-state index contributed by atoms with van der Waals surface area (Å²) in [6.45, 7) is 12.4. The monoisotopic (exact) mass is 312 g/mol. The molecule has 0 saturated heterocycles. The average molecular weight is 312 g/mol. The van der Waals surface area contributed by atoms with Gasteiger partial charge in [0.2, 0.25) is 0 Å². The molecule has 0 N–H and O–H groups in total. The molecule has 0 saturated carbocycles. The molecule has 0 fully saturated rings. The smallest absolute Gasteiger partial charge is 0.133 e. The maximum Gasteiger partial charge on any atom is 0.133 e. The van der Waals surface area contributed by atoms with Crippen LogP contribution in [-0.2, 0) is 5.41 Å². The van der Waals surface area contributed by atoms with Crippen molar-refractivity contribution in [1.82, 2.24) is 0 Å². The van der Waals surface area contributed by atoms with Gasteiger partial charge in [0, 0.05) is 11.6 Å². The molecule has 2 rings (SSSR count). The van der Waals surface area contributed by atoms with Crippen molar-refractivity contribution >= 4 is 5.69 Å². The number of halogens is 1. The zero-order valence-electron chi connectivity index (χ0n) is 14.8. The molecule has 23 heavy (non-hydrogen) atoms. The molecule has 3 heteroatoms. The SMILES string of the molecule is CC(C)(C)N=Nc1ccc(-c2ccc(C(C)(C)C)cc2)c(F)c1. The molecule has 0 unspecified atom stereocenters. The predicted molar refractivity (Wildman–Crippen MR) is 94.8 cm³/mol. The van der Waals surface area contributed by atoms with E-state index in [0.29, 0.717) is 11.3 Å². The fourth-order valence-corrected chi connectivity index (χ4v) is 2.16. The third kappa shape index (κ3) is 4.72. The maximum absolute atomic E-state index is 14.4. The summed E-state index contributed by atoms with van der Waals surface area (Å²) in [6.07, 6.45) is 0. The standard InChI is InChI=1S/C20H25FN2/c1-19(2,3)15-9-7-14(8-10-15)17-12-11-16(13-18(17)21)22-23-20(4,5)6/h7-13H,1-6H3. The lowest BCUT2D eigenvalue weighted by Crippen LogP contribution is -2.10. The van der Waals surface area contributed by atoms with Gasteiger partial charge in [-0.25, -0.2) is 4.39 Å². The Morgan fingerprint density at radius 2 is 1.43 bits per heavy atom. The van der Waals surface area contributed by atoms with Gasteiger partial charge in [-0.3, -0.25) is 0 Å². The fraction of sp³-hybridized carbons (Fsp3) is 0.400. The Labute approximate surface area is 138 Å². The fourth-order valence-electron chi connectivity index (χ4n) is 2.16. The van der Waals surface area contributed by atoms with Crippen molar-refractivity contribution in [2.24, 2.45) is 10.2 Å². The van der Waals surface area contributed by atoms with Gasteiger partial charge >= 0.3 is 0 Å². The summed E-state index contributed by atoms with van der Waals surface area (Å²) in [5.41, 5.74) is 3.05. The number of rotatable bonds is 2. The van der Waals surface area contributed by atoms with Crippen LogP contribution in [0.1, 0.15) is 47.1 Å². The van der Waals surface area contributed by atoms with E-state index in [1.807, 2.05) is 32.9 Å². The van der Waals surface area contributed by atoms with E-state index in [1.54, 1.807) is 12.1 Å². The summed E-state index contributed by atoms with van der Waals surface area (Å²) in [7, 11) is 0. The first-order valence-electron chi connectivity index (χ1n) is 7.90. The molecule has 0 amide bonds. The molecule has 0 aromatic heterocycles. The maximum atomic E-state index is 14.4. The van der Waals surface area contributed by atoms with E-state index >= 15 is 0 Å². The third-order valence-electron chi connectivity index (χ3n) is 3.48. The molecule has 0 aliphatic heterocycles. The van der Waals surface area contributed by atoms with Crippen molar-refractivity contribution in [2.75, 3.05) is 0 Å². The second-order valence-corrected chi connectivity index (χ2v) is 7.86. The Morgan fingerprint density at radius 1 is 0.826 bits per heavy atom. The summed E-state index contributed by atoms with van der Waals surface area (Å²) in [5, 5.41) is 8.27. The van der Waals surface area contributed by atoms with Crippen LogP contribution in [0, 0.1) is 5.82 Å². The van der Waals surface area contributed by atoms with E-state index in [4.69, 9.17) is 0 Å². The second-order valence-electron chi connectivity index (χ2n) is 7.86. The second kappa shape index (κ2) is 6.23. The highest BCUT2D eigenvalue weighted by molar-refractivity contribution is 5.66. The van der Waals surface area contributed by atoms with Crippen molar-refractivity contribution in [3.05, 3.63) is 53.8 Å². The minimum Gasteiger partial charge on any atom is -0.206 e. The van der Waals surface area contributed by atoms with Gasteiger partial charge in [0.15, 0.2) is 0 Å². The van der Waals surface area contributed by atoms with Crippen molar-refractivity contribution in [3.8, 4) is 11.1 Å². The molecule has 0 atom stereocenters. The summed E-state index contributed by atoms with van der Waals surface area (Å²) in [4.78, 5) is 0. The molecule has 0 aliphatic carbocycles. The van der Waals surface area contributed by atoms with Crippen LogP contribution in [0.5, 0.6) is 0 Å². The average Bonchev–Trinajstić information content (AvgIpc) is 2.44. The molecule has 0 aliphatic rings. The van der Waals surface area contributed by atoms with Crippen LogP contribution in [0.4, 0.5) is 10.1 Å². The minimum absolute atomic E-state index is 0.0915. The lowest BCUT2D eigenvalue weighted by molar-refractivity contribution is 0.551. The molecule has 2 aromatic carbocycles. The van der Waals surface area contributed by atoms with Crippen molar-refractivity contribution in [1.29, 1.82) is 0 Å². The van der Waals surface area contributed by atoms with Crippen LogP contribution in [0.15, 0.2) is 52.7 Å². The van der Waals surface area contributed by atoms with Gasteiger partial charge in [-0.15, -0.1) is 0 Å². The lowest BCUT2D eigenvalue weighted by Gasteiger charge is -2.19. The molecule has 122 valence electrons. The number of benzene rings is 2. The van der Waals surface area contributed by atoms with Crippen LogP contribution in [0.25, 0.3) is 11.1 Å². The van der Waals surface area contributed by atoms with Crippen LogP contribution in [0.3, 0.4) is 0 Å². The Kier molecular flexibility index (Phi) is 4.69.